The summed E-state index contributed by atoms with van der Waals surface area (Å²) in [5.41, 5.74) is 3.26. The molecule has 182 valence electrons. The van der Waals surface area contributed by atoms with Gasteiger partial charge in [-0.2, -0.15) is 0 Å². The number of ether oxygens (including phenoxy) is 1. The number of ketones is 1. The van der Waals surface area contributed by atoms with E-state index in [9.17, 15) is 14.7 Å². The number of amides is 1. The fraction of sp³-hybridized carbons (Fsp3) is 0.172. The molecule has 2 heterocycles. The Morgan fingerprint density at radius 3 is 2.47 bits per heavy atom. The fourth-order valence-electron chi connectivity index (χ4n) is 4.71. The van der Waals surface area contributed by atoms with Crippen LogP contribution in [0.25, 0.3) is 16.7 Å². The number of nitrogens with one attached hydrogen (secondary N) is 1. The van der Waals surface area contributed by atoms with Gasteiger partial charge in [-0.05, 0) is 66.9 Å². The van der Waals surface area contributed by atoms with Gasteiger partial charge in [-0.3, -0.25) is 9.59 Å². The average Bonchev–Trinajstić information content (AvgIpc) is 3.42. The molecule has 7 heteroatoms. The maximum atomic E-state index is 13.3. The zero-order valence-corrected chi connectivity index (χ0v) is 20.5. The van der Waals surface area contributed by atoms with Crippen LogP contribution in [0, 0.1) is 0 Å². The lowest BCUT2D eigenvalue weighted by Crippen LogP contribution is -2.31. The Kier molecular flexibility index (Phi) is 6.53. The predicted octanol–water partition coefficient (Wildman–Crippen LogP) is 5.88. The first-order valence-corrected chi connectivity index (χ1v) is 12.2. The molecule has 3 aromatic carbocycles. The molecule has 0 aliphatic carbocycles. The SMILES string of the molecule is CCOc1ccc(C(O)=C2C(=O)C(=O)N(CCc3c[nH]c4ccccc34)C2c2ccc(Cl)cc2)cc1. The van der Waals surface area contributed by atoms with Crippen LogP contribution in [0.5, 0.6) is 5.75 Å². The van der Waals surface area contributed by atoms with Crippen LogP contribution in [0.4, 0.5) is 0 Å². The topological polar surface area (TPSA) is 82.6 Å². The Hall–Kier alpha value is -4.03. The highest BCUT2D eigenvalue weighted by Gasteiger charge is 2.45. The van der Waals surface area contributed by atoms with E-state index < -0.39 is 17.7 Å². The summed E-state index contributed by atoms with van der Waals surface area (Å²) in [5, 5.41) is 12.9. The number of aliphatic hydroxyl groups excluding tert-OH is 1. The maximum absolute atomic E-state index is 13.3. The zero-order chi connectivity index (χ0) is 25.2. The van der Waals surface area contributed by atoms with Crippen molar-refractivity contribution in [2.45, 2.75) is 19.4 Å². The van der Waals surface area contributed by atoms with E-state index in [-0.39, 0.29) is 11.3 Å². The van der Waals surface area contributed by atoms with Gasteiger partial charge >= 0.3 is 0 Å². The molecule has 4 aromatic rings. The van der Waals surface area contributed by atoms with E-state index in [1.165, 1.54) is 4.90 Å². The van der Waals surface area contributed by atoms with Crippen LogP contribution in [0.3, 0.4) is 0 Å². The summed E-state index contributed by atoms with van der Waals surface area (Å²) < 4.78 is 5.48. The van der Waals surface area contributed by atoms with Gasteiger partial charge in [0.15, 0.2) is 0 Å². The highest BCUT2D eigenvalue weighted by atomic mass is 35.5. The van der Waals surface area contributed by atoms with Crippen molar-refractivity contribution >= 4 is 40.0 Å². The number of para-hydroxylation sites is 1. The normalized spacial score (nSPS) is 17.2. The van der Waals surface area contributed by atoms with Gasteiger partial charge in [-0.1, -0.05) is 41.9 Å². The zero-order valence-electron chi connectivity index (χ0n) is 19.7. The third kappa shape index (κ3) is 4.36. The lowest BCUT2D eigenvalue weighted by atomic mass is 9.95. The van der Waals surface area contributed by atoms with Crippen LogP contribution in [-0.4, -0.2) is 39.8 Å². The molecule has 1 aliphatic rings. The molecule has 1 aliphatic heterocycles. The highest BCUT2D eigenvalue weighted by molar-refractivity contribution is 6.46. The van der Waals surface area contributed by atoms with Crippen LogP contribution in [-0.2, 0) is 16.0 Å². The Morgan fingerprint density at radius 1 is 1.03 bits per heavy atom. The van der Waals surface area contributed by atoms with Crippen molar-refractivity contribution in [3.8, 4) is 5.75 Å². The minimum absolute atomic E-state index is 0.0606. The smallest absolute Gasteiger partial charge is 0.295 e. The number of hydrogen-bond donors (Lipinski definition) is 2. The van der Waals surface area contributed by atoms with E-state index in [0.29, 0.717) is 41.5 Å². The number of aliphatic hydroxyl groups is 1. The van der Waals surface area contributed by atoms with Gasteiger partial charge in [0, 0.05) is 34.2 Å². The van der Waals surface area contributed by atoms with E-state index in [0.717, 1.165) is 16.5 Å². The maximum Gasteiger partial charge on any atom is 0.295 e. The minimum atomic E-state index is -0.737. The number of Topliss-reactive ketones (excluding diaryl/α,β-unsaturated/α-hetero) is 1. The van der Waals surface area contributed by atoms with Crippen LogP contribution in [0.15, 0.2) is 84.6 Å². The summed E-state index contributed by atoms with van der Waals surface area (Å²) in [4.78, 5) is 31.3. The first-order chi connectivity index (χ1) is 17.5. The van der Waals surface area contributed by atoms with Gasteiger partial charge < -0.3 is 19.7 Å². The van der Waals surface area contributed by atoms with Crippen LogP contribution in [0.2, 0.25) is 5.02 Å². The van der Waals surface area contributed by atoms with E-state index >= 15 is 0 Å². The minimum Gasteiger partial charge on any atom is -0.507 e. The number of halogens is 1. The van der Waals surface area contributed by atoms with Gasteiger partial charge in [0.1, 0.15) is 11.5 Å². The number of fused-ring (bicyclic) bond motifs is 1. The molecular weight excluding hydrogens is 476 g/mol. The van der Waals surface area contributed by atoms with Crippen LogP contribution < -0.4 is 4.74 Å². The van der Waals surface area contributed by atoms with Crippen molar-refractivity contribution in [3.05, 3.63) is 106 Å². The number of carbonyl (C=O) groups is 2. The van der Waals surface area contributed by atoms with Crippen molar-refractivity contribution < 1.29 is 19.4 Å². The van der Waals surface area contributed by atoms with Crippen molar-refractivity contribution in [1.82, 2.24) is 9.88 Å². The van der Waals surface area contributed by atoms with E-state index in [4.69, 9.17) is 16.3 Å². The first kappa shape index (κ1) is 23.7. The number of likely N-dealkylation sites (tertiary alicyclic amines) is 1. The van der Waals surface area contributed by atoms with Crippen LogP contribution in [0.1, 0.15) is 29.7 Å². The quantitative estimate of drug-likeness (QED) is 0.188. The van der Waals surface area contributed by atoms with Gasteiger partial charge in [-0.15, -0.1) is 0 Å². The summed E-state index contributed by atoms with van der Waals surface area (Å²) in [7, 11) is 0. The largest absolute Gasteiger partial charge is 0.507 e. The number of nitrogens with zero attached hydrogens (tertiary/aromatic N) is 1. The third-order valence-corrected chi connectivity index (χ3v) is 6.71. The number of carbonyl (C=O) groups excluding carboxylic acids is 2. The summed E-state index contributed by atoms with van der Waals surface area (Å²) in [6.07, 6.45) is 2.47. The molecule has 1 saturated heterocycles. The summed E-state index contributed by atoms with van der Waals surface area (Å²) in [6.45, 7) is 2.71. The number of hydrogen-bond acceptors (Lipinski definition) is 4. The predicted molar refractivity (Wildman–Crippen MR) is 140 cm³/mol. The average molecular weight is 501 g/mol. The van der Waals surface area contributed by atoms with Crippen molar-refractivity contribution in [2.75, 3.05) is 13.2 Å². The molecule has 0 saturated carbocycles. The highest BCUT2D eigenvalue weighted by Crippen LogP contribution is 2.40. The molecule has 6 nitrogen and oxygen atoms in total. The Balaban J connectivity index is 1.54. The monoisotopic (exact) mass is 500 g/mol. The molecule has 1 amide bonds. The number of rotatable bonds is 7. The molecule has 1 aromatic heterocycles. The summed E-state index contributed by atoms with van der Waals surface area (Å²) >= 11 is 6.11. The molecule has 0 spiro atoms. The molecule has 0 bridgehead atoms. The van der Waals surface area contributed by atoms with Gasteiger partial charge in [0.2, 0.25) is 0 Å². The Morgan fingerprint density at radius 2 is 1.75 bits per heavy atom. The van der Waals surface area contributed by atoms with E-state index in [1.807, 2.05) is 37.4 Å². The van der Waals surface area contributed by atoms with Crippen molar-refractivity contribution in [1.29, 1.82) is 0 Å². The van der Waals surface area contributed by atoms with Crippen molar-refractivity contribution in [3.63, 3.8) is 0 Å². The van der Waals surface area contributed by atoms with Gasteiger partial charge in [0.25, 0.3) is 11.7 Å². The number of H-pyrrole nitrogens is 1. The molecule has 1 fully saturated rings. The van der Waals surface area contributed by atoms with E-state index in [2.05, 4.69) is 4.98 Å². The Labute approximate surface area is 213 Å². The molecule has 2 N–H and O–H groups in total. The van der Waals surface area contributed by atoms with Gasteiger partial charge in [-0.25, -0.2) is 0 Å². The van der Waals surface area contributed by atoms with E-state index in [1.54, 1.807) is 48.5 Å². The summed E-state index contributed by atoms with van der Waals surface area (Å²) in [6, 6.07) is 21.0. The summed E-state index contributed by atoms with van der Waals surface area (Å²) in [5.74, 6) is -0.907. The standard InChI is InChI=1S/C29H25ClN2O4/c1-2-36-22-13-9-19(10-14-22)27(33)25-26(18-7-11-21(30)12-8-18)32(29(35)28(25)34)16-15-20-17-31-24-6-4-3-5-23(20)24/h3-14,17,26,31,33H,2,15-16H2,1H3. The molecule has 0 radical (unpaired) electrons. The van der Waals surface area contributed by atoms with Crippen LogP contribution >= 0.6 is 11.6 Å². The second-order valence-electron chi connectivity index (χ2n) is 8.61. The number of aromatic amines is 1. The second-order valence-corrected chi connectivity index (χ2v) is 9.05. The fourth-order valence-corrected chi connectivity index (χ4v) is 4.84. The Bertz CT molecular complexity index is 1450. The van der Waals surface area contributed by atoms with Gasteiger partial charge in [0.05, 0.1) is 18.2 Å². The molecule has 1 unspecified atom stereocenters. The second kappa shape index (κ2) is 9.91. The molecular formula is C29H25ClN2O4. The lowest BCUT2D eigenvalue weighted by Gasteiger charge is -2.25. The molecule has 36 heavy (non-hydrogen) atoms. The first-order valence-electron chi connectivity index (χ1n) is 11.8. The number of aromatic nitrogens is 1. The molecule has 1 atom stereocenters. The third-order valence-electron chi connectivity index (χ3n) is 6.46. The van der Waals surface area contributed by atoms with Crippen molar-refractivity contribution in [2.24, 2.45) is 0 Å². The number of benzene rings is 3. The lowest BCUT2D eigenvalue weighted by molar-refractivity contribution is -0.139. The molecule has 5 rings (SSSR count).